The van der Waals surface area contributed by atoms with Gasteiger partial charge in [-0.25, -0.2) is 4.68 Å². The molecule has 6 heteroatoms. The highest BCUT2D eigenvalue weighted by Gasteiger charge is 2.18. The molecule has 1 amide bonds. The van der Waals surface area contributed by atoms with Gasteiger partial charge in [-0.2, -0.15) is 5.10 Å². The number of hydrogen-bond donors (Lipinski definition) is 1. The van der Waals surface area contributed by atoms with Crippen molar-refractivity contribution in [1.82, 2.24) is 15.1 Å². The van der Waals surface area contributed by atoms with Crippen molar-refractivity contribution >= 4 is 5.91 Å². The fraction of sp³-hybridized carbons (Fsp3) is 0.120. The summed E-state index contributed by atoms with van der Waals surface area (Å²) in [4.78, 5) is 13.1. The highest BCUT2D eigenvalue weighted by atomic mass is 16.7. The molecule has 4 aromatic rings. The van der Waals surface area contributed by atoms with Crippen molar-refractivity contribution in [2.24, 2.45) is 0 Å². The molecular formula is C25H21N3O3. The SMILES string of the molecule is Cc1cccc(-n2nc(-c3ccccc3)cc2C(=O)NCc2ccc3c(c2)OCO3)c1. The number of aromatic nitrogens is 2. The minimum absolute atomic E-state index is 0.200. The normalized spacial score (nSPS) is 12.0. The lowest BCUT2D eigenvalue weighted by Gasteiger charge is -2.09. The van der Waals surface area contributed by atoms with Gasteiger partial charge in [0.05, 0.1) is 11.4 Å². The van der Waals surface area contributed by atoms with E-state index in [1.165, 1.54) is 0 Å². The summed E-state index contributed by atoms with van der Waals surface area (Å²) >= 11 is 0. The number of benzene rings is 3. The van der Waals surface area contributed by atoms with E-state index in [1.54, 1.807) is 4.68 Å². The third-order valence-corrected chi connectivity index (χ3v) is 5.15. The summed E-state index contributed by atoms with van der Waals surface area (Å²) in [5, 5.41) is 7.73. The summed E-state index contributed by atoms with van der Waals surface area (Å²) < 4.78 is 12.5. The van der Waals surface area contributed by atoms with Crippen LogP contribution in [0.2, 0.25) is 0 Å². The molecule has 31 heavy (non-hydrogen) atoms. The summed E-state index contributed by atoms with van der Waals surface area (Å²) in [6.07, 6.45) is 0. The third kappa shape index (κ3) is 3.88. The monoisotopic (exact) mass is 411 g/mol. The van der Waals surface area contributed by atoms with Crippen LogP contribution in [0.5, 0.6) is 11.5 Å². The zero-order valence-corrected chi connectivity index (χ0v) is 17.0. The van der Waals surface area contributed by atoms with Crippen LogP contribution in [-0.2, 0) is 6.54 Å². The number of nitrogens with one attached hydrogen (secondary N) is 1. The van der Waals surface area contributed by atoms with E-state index in [9.17, 15) is 4.79 Å². The first-order valence-corrected chi connectivity index (χ1v) is 10.1. The Morgan fingerprint density at radius 3 is 2.65 bits per heavy atom. The standard InChI is InChI=1S/C25H21N3O3/c1-17-6-5-9-20(12-17)28-22(14-21(27-28)19-7-3-2-4-8-19)25(29)26-15-18-10-11-23-24(13-18)31-16-30-23/h2-14H,15-16H2,1H3,(H,26,29). The van der Waals surface area contributed by atoms with Crippen LogP contribution in [0.25, 0.3) is 16.9 Å². The Balaban J connectivity index is 1.45. The summed E-state index contributed by atoms with van der Waals surface area (Å²) in [5.74, 6) is 1.22. The van der Waals surface area contributed by atoms with Gasteiger partial charge in [0.25, 0.3) is 5.91 Å². The van der Waals surface area contributed by atoms with Gasteiger partial charge in [-0.3, -0.25) is 4.79 Å². The fourth-order valence-electron chi connectivity index (χ4n) is 3.57. The van der Waals surface area contributed by atoms with Gasteiger partial charge >= 0.3 is 0 Å². The largest absolute Gasteiger partial charge is 0.454 e. The van der Waals surface area contributed by atoms with Crippen molar-refractivity contribution in [3.63, 3.8) is 0 Å². The van der Waals surface area contributed by atoms with Gasteiger partial charge in [-0.1, -0.05) is 48.5 Å². The zero-order valence-electron chi connectivity index (χ0n) is 17.0. The molecule has 0 spiro atoms. The van der Waals surface area contributed by atoms with Crippen molar-refractivity contribution in [3.8, 4) is 28.4 Å². The number of amides is 1. The lowest BCUT2D eigenvalue weighted by Crippen LogP contribution is -2.25. The molecule has 5 rings (SSSR count). The van der Waals surface area contributed by atoms with Crippen molar-refractivity contribution in [2.75, 3.05) is 6.79 Å². The van der Waals surface area contributed by atoms with E-state index < -0.39 is 0 Å². The summed E-state index contributed by atoms with van der Waals surface area (Å²) in [6, 6.07) is 25.3. The molecule has 0 unspecified atom stereocenters. The molecule has 0 atom stereocenters. The van der Waals surface area contributed by atoms with Gasteiger partial charge in [-0.15, -0.1) is 0 Å². The van der Waals surface area contributed by atoms with Crippen LogP contribution in [0.1, 0.15) is 21.6 Å². The Bertz CT molecular complexity index is 1250. The quantitative estimate of drug-likeness (QED) is 0.525. The maximum absolute atomic E-state index is 13.1. The maximum Gasteiger partial charge on any atom is 0.270 e. The first-order valence-electron chi connectivity index (χ1n) is 10.1. The number of aryl methyl sites for hydroxylation is 1. The number of ether oxygens (including phenoxy) is 2. The van der Waals surface area contributed by atoms with Gasteiger partial charge in [0.2, 0.25) is 6.79 Å². The number of carbonyl (C=O) groups excluding carboxylic acids is 1. The molecule has 3 aromatic carbocycles. The molecule has 0 fully saturated rings. The Morgan fingerprint density at radius 1 is 0.968 bits per heavy atom. The number of carbonyl (C=O) groups is 1. The van der Waals surface area contributed by atoms with E-state index in [4.69, 9.17) is 14.6 Å². The Morgan fingerprint density at radius 2 is 1.81 bits per heavy atom. The Hall–Kier alpha value is -4.06. The molecule has 0 radical (unpaired) electrons. The maximum atomic E-state index is 13.1. The second kappa shape index (κ2) is 7.99. The zero-order chi connectivity index (χ0) is 21.2. The highest BCUT2D eigenvalue weighted by molar-refractivity contribution is 5.94. The van der Waals surface area contributed by atoms with Crippen molar-refractivity contribution in [1.29, 1.82) is 0 Å². The minimum atomic E-state index is -0.200. The van der Waals surface area contributed by atoms with Crippen LogP contribution in [0, 0.1) is 6.92 Å². The predicted molar refractivity (Wildman–Crippen MR) is 117 cm³/mol. The average molecular weight is 411 g/mol. The smallest absolute Gasteiger partial charge is 0.270 e. The number of hydrogen-bond acceptors (Lipinski definition) is 4. The van der Waals surface area contributed by atoms with Gasteiger partial charge in [0.1, 0.15) is 5.69 Å². The van der Waals surface area contributed by atoms with Crippen molar-refractivity contribution < 1.29 is 14.3 Å². The van der Waals surface area contributed by atoms with Crippen LogP contribution in [0.3, 0.4) is 0 Å². The lowest BCUT2D eigenvalue weighted by atomic mass is 10.1. The van der Waals surface area contributed by atoms with Crippen LogP contribution < -0.4 is 14.8 Å². The molecule has 154 valence electrons. The lowest BCUT2D eigenvalue weighted by molar-refractivity contribution is 0.0943. The van der Waals surface area contributed by atoms with E-state index in [0.717, 1.165) is 33.8 Å². The summed E-state index contributed by atoms with van der Waals surface area (Å²) in [6.45, 7) is 2.61. The molecule has 1 N–H and O–H groups in total. The van der Waals surface area contributed by atoms with Crippen LogP contribution in [0.15, 0.2) is 78.9 Å². The van der Waals surface area contributed by atoms with E-state index in [0.29, 0.717) is 18.0 Å². The summed E-state index contributed by atoms with van der Waals surface area (Å²) in [5.41, 5.74) is 5.05. The van der Waals surface area contributed by atoms with Crippen molar-refractivity contribution in [2.45, 2.75) is 13.5 Å². The fourth-order valence-corrected chi connectivity index (χ4v) is 3.57. The van der Waals surface area contributed by atoms with Gasteiger partial charge in [-0.05, 0) is 48.4 Å². The molecule has 0 saturated carbocycles. The van der Waals surface area contributed by atoms with E-state index in [2.05, 4.69) is 5.32 Å². The average Bonchev–Trinajstić information content (AvgIpc) is 3.45. The Labute approximate surface area is 180 Å². The second-order valence-electron chi connectivity index (χ2n) is 7.40. The van der Waals surface area contributed by atoms with E-state index in [-0.39, 0.29) is 12.7 Å². The number of fused-ring (bicyclic) bond motifs is 1. The second-order valence-corrected chi connectivity index (χ2v) is 7.40. The van der Waals surface area contributed by atoms with E-state index in [1.807, 2.05) is 85.8 Å². The highest BCUT2D eigenvalue weighted by Crippen LogP contribution is 2.32. The first kappa shape index (κ1) is 18.9. The van der Waals surface area contributed by atoms with Crippen LogP contribution >= 0.6 is 0 Å². The topological polar surface area (TPSA) is 65.4 Å². The first-order chi connectivity index (χ1) is 15.2. The van der Waals surface area contributed by atoms with Gasteiger partial charge < -0.3 is 14.8 Å². The van der Waals surface area contributed by atoms with E-state index >= 15 is 0 Å². The number of rotatable bonds is 5. The molecule has 1 aliphatic heterocycles. The third-order valence-electron chi connectivity index (χ3n) is 5.15. The van der Waals surface area contributed by atoms with Crippen LogP contribution in [-0.4, -0.2) is 22.5 Å². The Kier molecular flexibility index (Phi) is 4.88. The molecule has 6 nitrogen and oxygen atoms in total. The van der Waals surface area contributed by atoms with Gasteiger partial charge in [0.15, 0.2) is 11.5 Å². The van der Waals surface area contributed by atoms with Crippen LogP contribution in [0.4, 0.5) is 0 Å². The molecule has 1 aromatic heterocycles. The van der Waals surface area contributed by atoms with Gasteiger partial charge in [0, 0.05) is 12.1 Å². The molecule has 2 heterocycles. The molecule has 1 aliphatic rings. The number of nitrogens with zero attached hydrogens (tertiary/aromatic N) is 2. The molecular weight excluding hydrogens is 390 g/mol. The predicted octanol–water partition coefficient (Wildman–Crippen LogP) is 4.51. The molecule has 0 bridgehead atoms. The minimum Gasteiger partial charge on any atom is -0.454 e. The van der Waals surface area contributed by atoms with Crippen molar-refractivity contribution in [3.05, 3.63) is 95.7 Å². The summed E-state index contributed by atoms with van der Waals surface area (Å²) in [7, 11) is 0. The molecule has 0 saturated heterocycles. The molecule has 0 aliphatic carbocycles.